The zero-order valence-corrected chi connectivity index (χ0v) is 13.2. The van der Waals surface area contributed by atoms with Crippen molar-refractivity contribution in [3.8, 4) is 0 Å². The fraction of sp³-hybridized carbons (Fsp3) is 0.368. The Balaban J connectivity index is 1.44. The van der Waals surface area contributed by atoms with E-state index in [1.165, 1.54) is 24.0 Å². The maximum Gasteiger partial charge on any atom is 0.0406 e. The largest absolute Gasteiger partial charge is 0.313 e. The highest BCUT2D eigenvalue weighted by Crippen LogP contribution is 2.37. The highest BCUT2D eigenvalue weighted by atomic mass is 35.5. The normalized spacial score (nSPS) is 22.6. The van der Waals surface area contributed by atoms with Crippen LogP contribution >= 0.6 is 11.6 Å². The molecule has 1 fully saturated rings. The summed E-state index contributed by atoms with van der Waals surface area (Å²) in [7, 11) is 0. The molecule has 0 saturated heterocycles. The molecule has 1 aliphatic rings. The van der Waals surface area contributed by atoms with Gasteiger partial charge in [0.2, 0.25) is 0 Å². The van der Waals surface area contributed by atoms with Crippen LogP contribution < -0.4 is 5.32 Å². The molecule has 0 aliphatic heterocycles. The molecule has 21 heavy (non-hydrogen) atoms. The molecule has 3 rings (SSSR count). The maximum absolute atomic E-state index is 5.94. The molecule has 1 N–H and O–H groups in total. The molecule has 1 aliphatic carbocycles. The van der Waals surface area contributed by atoms with Gasteiger partial charge in [-0.05, 0) is 47.9 Å². The van der Waals surface area contributed by atoms with Gasteiger partial charge in [-0.3, -0.25) is 0 Å². The SMILES string of the molecule is CC(CNC1CC(c2ccc(Cl)cc2)C1)c1ccccc1. The average Bonchev–Trinajstić information content (AvgIpc) is 2.48. The van der Waals surface area contributed by atoms with Gasteiger partial charge in [0, 0.05) is 17.6 Å². The van der Waals surface area contributed by atoms with Crippen LogP contribution in [0.3, 0.4) is 0 Å². The molecular weight excluding hydrogens is 278 g/mol. The summed E-state index contributed by atoms with van der Waals surface area (Å²) >= 11 is 5.94. The van der Waals surface area contributed by atoms with Crippen LogP contribution in [0.5, 0.6) is 0 Å². The van der Waals surface area contributed by atoms with Gasteiger partial charge in [-0.25, -0.2) is 0 Å². The van der Waals surface area contributed by atoms with Crippen LogP contribution in [0.2, 0.25) is 5.02 Å². The zero-order valence-electron chi connectivity index (χ0n) is 12.4. The summed E-state index contributed by atoms with van der Waals surface area (Å²) in [6.07, 6.45) is 2.48. The summed E-state index contributed by atoms with van der Waals surface area (Å²) in [5, 5.41) is 4.53. The first kappa shape index (κ1) is 14.6. The predicted octanol–water partition coefficient (Wildman–Crippen LogP) is 4.98. The third-order valence-corrected chi connectivity index (χ3v) is 4.81. The van der Waals surface area contributed by atoms with Crippen LogP contribution in [0.25, 0.3) is 0 Å². The fourth-order valence-electron chi connectivity index (χ4n) is 3.03. The van der Waals surface area contributed by atoms with Gasteiger partial charge in [0.1, 0.15) is 0 Å². The molecule has 1 saturated carbocycles. The average molecular weight is 300 g/mol. The molecule has 0 bridgehead atoms. The Morgan fingerprint density at radius 2 is 1.71 bits per heavy atom. The standard InChI is InChI=1S/C19H22ClN/c1-14(15-5-3-2-4-6-15)13-21-19-11-17(12-19)16-7-9-18(20)10-8-16/h2-10,14,17,19,21H,11-13H2,1H3. The Morgan fingerprint density at radius 3 is 2.38 bits per heavy atom. The summed E-state index contributed by atoms with van der Waals surface area (Å²) in [5.74, 6) is 1.27. The Morgan fingerprint density at radius 1 is 1.05 bits per heavy atom. The summed E-state index contributed by atoms with van der Waals surface area (Å²) < 4.78 is 0. The van der Waals surface area contributed by atoms with E-state index in [9.17, 15) is 0 Å². The molecule has 0 amide bonds. The molecule has 1 nitrogen and oxygen atoms in total. The molecule has 0 radical (unpaired) electrons. The second kappa shape index (κ2) is 6.64. The summed E-state index contributed by atoms with van der Waals surface area (Å²) in [4.78, 5) is 0. The van der Waals surface area contributed by atoms with Gasteiger partial charge in [0.05, 0.1) is 0 Å². The van der Waals surface area contributed by atoms with E-state index >= 15 is 0 Å². The minimum atomic E-state index is 0.570. The third-order valence-electron chi connectivity index (χ3n) is 4.56. The molecular formula is C19H22ClN. The van der Waals surface area contributed by atoms with Crippen molar-refractivity contribution in [1.29, 1.82) is 0 Å². The molecule has 2 aromatic rings. The smallest absolute Gasteiger partial charge is 0.0406 e. The Bertz CT molecular complexity index is 558. The van der Waals surface area contributed by atoms with E-state index in [1.54, 1.807) is 0 Å². The van der Waals surface area contributed by atoms with Crippen LogP contribution in [0, 0.1) is 0 Å². The first-order valence-electron chi connectivity index (χ1n) is 7.76. The van der Waals surface area contributed by atoms with Crippen LogP contribution in [-0.4, -0.2) is 12.6 Å². The van der Waals surface area contributed by atoms with Crippen molar-refractivity contribution in [3.63, 3.8) is 0 Å². The van der Waals surface area contributed by atoms with Gasteiger partial charge in [-0.2, -0.15) is 0 Å². The Labute approximate surface area is 132 Å². The number of rotatable bonds is 5. The van der Waals surface area contributed by atoms with Crippen molar-refractivity contribution in [1.82, 2.24) is 5.32 Å². The number of halogens is 1. The van der Waals surface area contributed by atoms with Crippen molar-refractivity contribution in [2.45, 2.75) is 37.6 Å². The highest BCUT2D eigenvalue weighted by Gasteiger charge is 2.29. The quantitative estimate of drug-likeness (QED) is 0.821. The molecule has 2 aromatic carbocycles. The minimum absolute atomic E-state index is 0.570. The summed E-state index contributed by atoms with van der Waals surface area (Å²) in [5.41, 5.74) is 2.84. The zero-order chi connectivity index (χ0) is 14.7. The lowest BCUT2D eigenvalue weighted by Gasteiger charge is -2.37. The second-order valence-electron chi connectivity index (χ2n) is 6.14. The van der Waals surface area contributed by atoms with Crippen molar-refractivity contribution in [2.24, 2.45) is 0 Å². The molecule has 1 atom stereocenters. The monoisotopic (exact) mass is 299 g/mol. The van der Waals surface area contributed by atoms with Crippen LogP contribution in [-0.2, 0) is 0 Å². The highest BCUT2D eigenvalue weighted by molar-refractivity contribution is 6.30. The van der Waals surface area contributed by atoms with E-state index in [-0.39, 0.29) is 0 Å². The van der Waals surface area contributed by atoms with Gasteiger partial charge in [0.15, 0.2) is 0 Å². The number of benzene rings is 2. The predicted molar refractivity (Wildman–Crippen MR) is 90.1 cm³/mol. The van der Waals surface area contributed by atoms with Crippen LogP contribution in [0.4, 0.5) is 0 Å². The first-order chi connectivity index (χ1) is 10.2. The van der Waals surface area contributed by atoms with Crippen LogP contribution in [0.1, 0.15) is 42.7 Å². The second-order valence-corrected chi connectivity index (χ2v) is 6.57. The topological polar surface area (TPSA) is 12.0 Å². The molecule has 0 spiro atoms. The Kier molecular flexibility index (Phi) is 4.62. The number of hydrogen-bond acceptors (Lipinski definition) is 1. The van der Waals surface area contributed by atoms with E-state index in [2.05, 4.69) is 54.7 Å². The van der Waals surface area contributed by atoms with Crippen molar-refractivity contribution < 1.29 is 0 Å². The van der Waals surface area contributed by atoms with E-state index in [1.807, 2.05) is 12.1 Å². The van der Waals surface area contributed by atoms with Gasteiger partial charge in [-0.15, -0.1) is 0 Å². The molecule has 0 heterocycles. The summed E-state index contributed by atoms with van der Waals surface area (Å²) in [6, 6.07) is 19.7. The van der Waals surface area contributed by atoms with E-state index in [4.69, 9.17) is 11.6 Å². The third kappa shape index (κ3) is 3.66. The van der Waals surface area contributed by atoms with Gasteiger partial charge < -0.3 is 5.32 Å². The van der Waals surface area contributed by atoms with Crippen molar-refractivity contribution in [3.05, 3.63) is 70.7 Å². The van der Waals surface area contributed by atoms with E-state index < -0.39 is 0 Å². The van der Waals surface area contributed by atoms with Crippen LogP contribution in [0.15, 0.2) is 54.6 Å². The lowest BCUT2D eigenvalue weighted by atomic mass is 9.76. The van der Waals surface area contributed by atoms with Crippen molar-refractivity contribution >= 4 is 11.6 Å². The van der Waals surface area contributed by atoms with Gasteiger partial charge in [-0.1, -0.05) is 61.0 Å². The maximum atomic E-state index is 5.94. The van der Waals surface area contributed by atoms with Crippen molar-refractivity contribution in [2.75, 3.05) is 6.54 Å². The van der Waals surface area contributed by atoms with E-state index in [0.29, 0.717) is 17.9 Å². The molecule has 110 valence electrons. The lowest BCUT2D eigenvalue weighted by Crippen LogP contribution is -2.41. The van der Waals surface area contributed by atoms with Gasteiger partial charge in [0.25, 0.3) is 0 Å². The number of nitrogens with one attached hydrogen (secondary N) is 1. The first-order valence-corrected chi connectivity index (χ1v) is 8.14. The Hall–Kier alpha value is -1.31. The van der Waals surface area contributed by atoms with E-state index in [0.717, 1.165) is 11.6 Å². The fourth-order valence-corrected chi connectivity index (χ4v) is 3.16. The summed E-state index contributed by atoms with van der Waals surface area (Å²) in [6.45, 7) is 3.35. The minimum Gasteiger partial charge on any atom is -0.313 e. The molecule has 0 aromatic heterocycles. The van der Waals surface area contributed by atoms with Gasteiger partial charge >= 0.3 is 0 Å². The molecule has 2 heteroatoms. The molecule has 1 unspecified atom stereocenters. The number of hydrogen-bond donors (Lipinski definition) is 1. The lowest BCUT2D eigenvalue weighted by molar-refractivity contribution is 0.287.